The Morgan fingerprint density at radius 1 is 0.917 bits per heavy atom. The van der Waals surface area contributed by atoms with Crippen LogP contribution in [-0.4, -0.2) is 11.8 Å². The van der Waals surface area contributed by atoms with Crippen molar-refractivity contribution in [3.05, 3.63) is 71.0 Å². The fourth-order valence-corrected chi connectivity index (χ4v) is 1.95. The first-order valence-corrected chi connectivity index (χ1v) is 6.77. The highest BCUT2D eigenvalue weighted by molar-refractivity contribution is 5.97. The van der Waals surface area contributed by atoms with E-state index in [0.717, 1.165) is 18.2 Å². The Bertz CT molecular complexity index is 742. The van der Waals surface area contributed by atoms with Crippen molar-refractivity contribution < 1.29 is 27.2 Å². The molecule has 4 nitrogen and oxygen atoms in total. The number of hydrogen-bond acceptors (Lipinski definition) is 2. The standard InChI is InChI=1S/C16H12F4N2O2/c17-11-7-5-10(6-8-11)9-14(23)21-22-15(24)12-3-1-2-4-13(12)16(18,19)20/h1-8H,9H2,(H,21,23)(H,22,24). The monoisotopic (exact) mass is 340 g/mol. The summed E-state index contributed by atoms with van der Waals surface area (Å²) in [7, 11) is 0. The highest BCUT2D eigenvalue weighted by Crippen LogP contribution is 2.31. The number of alkyl halides is 3. The van der Waals surface area contributed by atoms with E-state index in [2.05, 4.69) is 0 Å². The van der Waals surface area contributed by atoms with E-state index in [1.54, 1.807) is 0 Å². The summed E-state index contributed by atoms with van der Waals surface area (Å²) in [5, 5.41) is 0. The summed E-state index contributed by atoms with van der Waals surface area (Å²) < 4.78 is 51.2. The molecule has 0 unspecified atom stereocenters. The zero-order chi connectivity index (χ0) is 17.7. The third kappa shape index (κ3) is 4.55. The van der Waals surface area contributed by atoms with Crippen LogP contribution in [0.15, 0.2) is 48.5 Å². The van der Waals surface area contributed by atoms with E-state index in [-0.39, 0.29) is 6.42 Å². The van der Waals surface area contributed by atoms with E-state index in [1.807, 2.05) is 10.9 Å². The minimum atomic E-state index is -4.69. The van der Waals surface area contributed by atoms with Crippen LogP contribution >= 0.6 is 0 Å². The number of hydrazine groups is 1. The van der Waals surface area contributed by atoms with Crippen LogP contribution in [0, 0.1) is 5.82 Å². The van der Waals surface area contributed by atoms with Gasteiger partial charge in [0.05, 0.1) is 17.5 Å². The molecule has 2 aromatic rings. The lowest BCUT2D eigenvalue weighted by atomic mass is 10.1. The summed E-state index contributed by atoms with van der Waals surface area (Å²) in [6, 6.07) is 9.32. The highest BCUT2D eigenvalue weighted by atomic mass is 19.4. The van der Waals surface area contributed by atoms with Gasteiger partial charge in [-0.1, -0.05) is 24.3 Å². The lowest BCUT2D eigenvalue weighted by Gasteiger charge is -2.13. The van der Waals surface area contributed by atoms with Gasteiger partial charge in [-0.05, 0) is 29.8 Å². The van der Waals surface area contributed by atoms with Crippen molar-refractivity contribution >= 4 is 11.8 Å². The number of amides is 2. The van der Waals surface area contributed by atoms with Crippen molar-refractivity contribution in [1.82, 2.24) is 10.9 Å². The molecule has 2 aromatic carbocycles. The molecule has 0 radical (unpaired) electrons. The molecule has 0 saturated heterocycles. The van der Waals surface area contributed by atoms with Crippen LogP contribution in [0.4, 0.5) is 17.6 Å². The second-order valence-electron chi connectivity index (χ2n) is 4.85. The average molecular weight is 340 g/mol. The average Bonchev–Trinajstić information content (AvgIpc) is 2.54. The maximum Gasteiger partial charge on any atom is 0.417 e. The van der Waals surface area contributed by atoms with Gasteiger partial charge in [0.15, 0.2) is 0 Å². The first-order valence-electron chi connectivity index (χ1n) is 6.77. The van der Waals surface area contributed by atoms with E-state index < -0.39 is 34.9 Å². The molecule has 8 heteroatoms. The molecule has 2 rings (SSSR count). The summed E-state index contributed by atoms with van der Waals surface area (Å²) in [6.45, 7) is 0. The summed E-state index contributed by atoms with van der Waals surface area (Å²) in [5.41, 5.74) is 2.73. The van der Waals surface area contributed by atoms with Crippen LogP contribution in [0.3, 0.4) is 0 Å². The van der Waals surface area contributed by atoms with Crippen LogP contribution < -0.4 is 10.9 Å². The maximum absolute atomic E-state index is 12.8. The fraction of sp³-hybridized carbons (Fsp3) is 0.125. The number of carbonyl (C=O) groups is 2. The van der Waals surface area contributed by atoms with Crippen molar-refractivity contribution in [2.75, 3.05) is 0 Å². The molecule has 126 valence electrons. The zero-order valence-electron chi connectivity index (χ0n) is 12.2. The predicted molar refractivity (Wildman–Crippen MR) is 77.2 cm³/mol. The van der Waals surface area contributed by atoms with Crippen LogP contribution in [0.2, 0.25) is 0 Å². The lowest BCUT2D eigenvalue weighted by Crippen LogP contribution is -2.43. The second-order valence-corrected chi connectivity index (χ2v) is 4.85. The lowest BCUT2D eigenvalue weighted by molar-refractivity contribution is -0.137. The Labute approximate surface area is 134 Å². The molecule has 0 fully saturated rings. The fourth-order valence-electron chi connectivity index (χ4n) is 1.95. The normalized spacial score (nSPS) is 11.0. The predicted octanol–water partition coefficient (Wildman–Crippen LogP) is 2.85. The Kier molecular flexibility index (Phi) is 5.18. The third-order valence-corrected chi connectivity index (χ3v) is 3.07. The minimum Gasteiger partial charge on any atom is -0.273 e. The molecule has 0 heterocycles. The molecular weight excluding hydrogens is 328 g/mol. The molecule has 0 atom stereocenters. The molecule has 0 aliphatic carbocycles. The molecular formula is C16H12F4N2O2. The molecule has 0 aliphatic rings. The highest BCUT2D eigenvalue weighted by Gasteiger charge is 2.34. The Hall–Kier alpha value is -2.90. The number of rotatable bonds is 3. The smallest absolute Gasteiger partial charge is 0.273 e. The first kappa shape index (κ1) is 17.5. The van der Waals surface area contributed by atoms with Gasteiger partial charge in [-0.15, -0.1) is 0 Å². The Morgan fingerprint density at radius 3 is 2.17 bits per heavy atom. The van der Waals surface area contributed by atoms with Crippen molar-refractivity contribution in [2.24, 2.45) is 0 Å². The van der Waals surface area contributed by atoms with E-state index in [1.165, 1.54) is 30.3 Å². The summed E-state index contributed by atoms with van der Waals surface area (Å²) in [5.74, 6) is -2.20. The molecule has 2 amide bonds. The van der Waals surface area contributed by atoms with E-state index in [4.69, 9.17) is 0 Å². The van der Waals surface area contributed by atoms with Gasteiger partial charge >= 0.3 is 6.18 Å². The van der Waals surface area contributed by atoms with Crippen LogP contribution in [0.5, 0.6) is 0 Å². The van der Waals surface area contributed by atoms with Crippen LogP contribution in [-0.2, 0) is 17.4 Å². The van der Waals surface area contributed by atoms with Crippen molar-refractivity contribution in [3.8, 4) is 0 Å². The quantitative estimate of drug-likeness (QED) is 0.667. The summed E-state index contributed by atoms with van der Waals surface area (Å²) >= 11 is 0. The van der Waals surface area contributed by atoms with Gasteiger partial charge in [0, 0.05) is 0 Å². The van der Waals surface area contributed by atoms with Crippen molar-refractivity contribution in [2.45, 2.75) is 12.6 Å². The number of nitrogens with one attached hydrogen (secondary N) is 2. The second kappa shape index (κ2) is 7.12. The van der Waals surface area contributed by atoms with Gasteiger partial charge < -0.3 is 0 Å². The number of hydrogen-bond donors (Lipinski definition) is 2. The molecule has 0 spiro atoms. The molecule has 0 bridgehead atoms. The van der Waals surface area contributed by atoms with E-state index in [0.29, 0.717) is 5.56 Å². The minimum absolute atomic E-state index is 0.165. The van der Waals surface area contributed by atoms with Crippen LogP contribution in [0.1, 0.15) is 21.5 Å². The number of carbonyl (C=O) groups excluding carboxylic acids is 2. The molecule has 0 saturated carbocycles. The van der Waals surface area contributed by atoms with Crippen molar-refractivity contribution in [1.29, 1.82) is 0 Å². The summed E-state index contributed by atoms with van der Waals surface area (Å²) in [6.07, 6.45) is -4.85. The van der Waals surface area contributed by atoms with Gasteiger partial charge in [0.2, 0.25) is 5.91 Å². The number of benzene rings is 2. The SMILES string of the molecule is O=C(Cc1ccc(F)cc1)NNC(=O)c1ccccc1C(F)(F)F. The van der Waals surface area contributed by atoms with Gasteiger partial charge in [-0.25, -0.2) is 4.39 Å². The van der Waals surface area contributed by atoms with E-state index >= 15 is 0 Å². The Balaban J connectivity index is 1.98. The molecule has 2 N–H and O–H groups in total. The number of halogens is 4. The van der Waals surface area contributed by atoms with Gasteiger partial charge in [0.1, 0.15) is 5.82 Å². The molecule has 0 aromatic heterocycles. The zero-order valence-corrected chi connectivity index (χ0v) is 12.2. The maximum atomic E-state index is 12.8. The molecule has 24 heavy (non-hydrogen) atoms. The Morgan fingerprint density at radius 2 is 1.54 bits per heavy atom. The van der Waals surface area contributed by atoms with E-state index in [9.17, 15) is 27.2 Å². The summed E-state index contributed by atoms with van der Waals surface area (Å²) in [4.78, 5) is 23.5. The van der Waals surface area contributed by atoms with Gasteiger partial charge in [-0.3, -0.25) is 20.4 Å². The first-order chi connectivity index (χ1) is 11.3. The van der Waals surface area contributed by atoms with Crippen molar-refractivity contribution in [3.63, 3.8) is 0 Å². The van der Waals surface area contributed by atoms with Gasteiger partial charge in [0.25, 0.3) is 5.91 Å². The third-order valence-electron chi connectivity index (χ3n) is 3.07. The largest absolute Gasteiger partial charge is 0.417 e. The topological polar surface area (TPSA) is 58.2 Å². The van der Waals surface area contributed by atoms with Gasteiger partial charge in [-0.2, -0.15) is 13.2 Å². The molecule has 0 aliphatic heterocycles. The van der Waals surface area contributed by atoms with Crippen LogP contribution in [0.25, 0.3) is 0 Å².